The number of rotatable bonds is 4. The summed E-state index contributed by atoms with van der Waals surface area (Å²) in [6.45, 7) is 8.56. The zero-order chi connectivity index (χ0) is 20.7. The lowest BCUT2D eigenvalue weighted by Gasteiger charge is -2.12. The molecule has 27 heavy (non-hydrogen) atoms. The van der Waals surface area contributed by atoms with Crippen molar-refractivity contribution < 1.29 is 19.8 Å². The number of benzene rings is 2. The topological polar surface area (TPSA) is 98.7 Å². The summed E-state index contributed by atoms with van der Waals surface area (Å²) in [4.78, 5) is 21.6. The van der Waals surface area contributed by atoms with Crippen LogP contribution in [0.4, 0.5) is 21.0 Å². The average molecular weight is 392 g/mol. The Balaban J connectivity index is 0.000000997. The van der Waals surface area contributed by atoms with Gasteiger partial charge >= 0.3 is 12.2 Å². The van der Waals surface area contributed by atoms with Crippen molar-refractivity contribution in [3.8, 4) is 0 Å². The van der Waals surface area contributed by atoms with Gasteiger partial charge in [0.15, 0.2) is 0 Å². The monoisotopic (exact) mass is 392 g/mol. The summed E-state index contributed by atoms with van der Waals surface area (Å²) in [5.41, 5.74) is 2.49. The lowest BCUT2D eigenvalue weighted by Crippen LogP contribution is -2.11. The molecule has 0 bridgehead atoms. The second-order valence-electron chi connectivity index (χ2n) is 5.56. The van der Waals surface area contributed by atoms with E-state index in [1.165, 1.54) is 6.42 Å². The van der Waals surface area contributed by atoms with Crippen LogP contribution in [0.15, 0.2) is 48.5 Å². The van der Waals surface area contributed by atoms with Crippen LogP contribution in [0, 0.1) is 0 Å². The summed E-state index contributed by atoms with van der Waals surface area (Å²) in [6, 6.07) is 14.0. The molecule has 0 aromatic heterocycles. The van der Waals surface area contributed by atoms with E-state index in [9.17, 15) is 9.59 Å². The smallest absolute Gasteiger partial charge is 0.409 e. The van der Waals surface area contributed by atoms with Crippen LogP contribution in [0.5, 0.6) is 0 Å². The molecule has 0 fully saturated rings. The summed E-state index contributed by atoms with van der Waals surface area (Å²) in [5.74, 6) is 0. The Morgan fingerprint density at radius 2 is 1.11 bits per heavy atom. The van der Waals surface area contributed by atoms with Crippen molar-refractivity contribution in [2.75, 3.05) is 24.0 Å². The highest BCUT2D eigenvalue weighted by atomic mass is 31.1. The number of nitrogens with one attached hydrogen (secondary N) is 2. The summed E-state index contributed by atoms with van der Waals surface area (Å²) in [6.07, 6.45) is -0.619. The average Bonchev–Trinajstić information content (AvgIpc) is 2.59. The van der Waals surface area contributed by atoms with E-state index in [-0.39, 0.29) is 0 Å². The molecule has 0 aliphatic carbocycles. The highest BCUT2D eigenvalue weighted by Gasteiger charge is 2.09. The number of amides is 2. The first kappa shape index (κ1) is 24.4. The Morgan fingerprint density at radius 3 is 1.41 bits per heavy atom. The van der Waals surface area contributed by atoms with E-state index < -0.39 is 12.2 Å². The summed E-state index contributed by atoms with van der Waals surface area (Å²) >= 11 is 0. The van der Waals surface area contributed by atoms with Gasteiger partial charge in [0.2, 0.25) is 0 Å². The molecule has 2 aromatic rings. The zero-order valence-corrected chi connectivity index (χ0v) is 17.2. The molecule has 2 amide bonds. The van der Waals surface area contributed by atoms with Crippen molar-refractivity contribution >= 4 is 32.1 Å². The molecular weight excluding hydrogens is 363 g/mol. The standard InChI is InChI=1S/C15H14N2O4.C3H8.C2H7P/c18-14(19)16-12-7-3-1-5-10(12)9-11-6-2-4-8-13(11)17-15(20)21;2*1-3-2/h1-8,16-17H,9H2,(H,18,19)(H,20,21);3H2,1-2H3;3H,1-2H3. The lowest BCUT2D eigenvalue weighted by atomic mass is 10.0. The minimum atomic E-state index is -1.14. The number of anilines is 2. The number of hydrogen-bond donors (Lipinski definition) is 4. The van der Waals surface area contributed by atoms with Gasteiger partial charge in [-0.3, -0.25) is 10.6 Å². The predicted molar refractivity (Wildman–Crippen MR) is 115 cm³/mol. The van der Waals surface area contributed by atoms with E-state index in [1.807, 2.05) is 0 Å². The highest BCUT2D eigenvalue weighted by molar-refractivity contribution is 7.35. The molecule has 0 spiro atoms. The van der Waals surface area contributed by atoms with Gasteiger partial charge in [-0.2, -0.15) is 0 Å². The van der Waals surface area contributed by atoms with E-state index in [0.717, 1.165) is 19.7 Å². The fraction of sp³-hybridized carbons (Fsp3) is 0.300. The van der Waals surface area contributed by atoms with E-state index in [2.05, 4.69) is 37.8 Å². The largest absolute Gasteiger partial charge is 0.465 e. The first-order valence-electron chi connectivity index (χ1n) is 8.63. The molecule has 2 rings (SSSR count). The van der Waals surface area contributed by atoms with Gasteiger partial charge in [0.1, 0.15) is 0 Å². The van der Waals surface area contributed by atoms with Gasteiger partial charge in [-0.25, -0.2) is 9.59 Å². The Labute approximate surface area is 162 Å². The van der Waals surface area contributed by atoms with Crippen LogP contribution in [0.2, 0.25) is 0 Å². The summed E-state index contributed by atoms with van der Waals surface area (Å²) < 4.78 is 0. The molecule has 6 nitrogen and oxygen atoms in total. The van der Waals surface area contributed by atoms with Gasteiger partial charge in [0.25, 0.3) is 0 Å². The number of para-hydroxylation sites is 2. The summed E-state index contributed by atoms with van der Waals surface area (Å²) in [7, 11) is 1.08. The first-order chi connectivity index (χ1) is 12.9. The Hall–Kier alpha value is -2.59. The molecule has 0 unspecified atom stereocenters. The predicted octanol–water partition coefficient (Wildman–Crippen LogP) is 5.80. The highest BCUT2D eigenvalue weighted by Crippen LogP contribution is 2.23. The van der Waals surface area contributed by atoms with Gasteiger partial charge in [-0.05, 0) is 36.6 Å². The van der Waals surface area contributed by atoms with Gasteiger partial charge in [-0.1, -0.05) is 56.7 Å². The Kier molecular flexibility index (Phi) is 13.2. The van der Waals surface area contributed by atoms with Crippen molar-refractivity contribution in [3.05, 3.63) is 59.7 Å². The minimum absolute atomic E-state index is 0.410. The van der Waals surface area contributed by atoms with Crippen LogP contribution >= 0.6 is 8.58 Å². The molecular formula is C20H29N2O4P. The van der Waals surface area contributed by atoms with Crippen LogP contribution in [0.3, 0.4) is 0 Å². The van der Waals surface area contributed by atoms with E-state index >= 15 is 0 Å². The number of carboxylic acid groups (broad SMARTS) is 2. The maximum atomic E-state index is 10.8. The Morgan fingerprint density at radius 1 is 0.815 bits per heavy atom. The third-order valence-corrected chi connectivity index (χ3v) is 2.90. The van der Waals surface area contributed by atoms with Crippen LogP contribution in [-0.4, -0.2) is 35.7 Å². The normalized spacial score (nSPS) is 9.04. The molecule has 7 heteroatoms. The van der Waals surface area contributed by atoms with E-state index in [4.69, 9.17) is 10.2 Å². The second-order valence-corrected chi connectivity index (χ2v) is 6.56. The maximum Gasteiger partial charge on any atom is 0.409 e. The third kappa shape index (κ3) is 10.9. The number of hydrogen-bond acceptors (Lipinski definition) is 2. The van der Waals surface area contributed by atoms with Crippen molar-refractivity contribution in [2.45, 2.75) is 26.7 Å². The van der Waals surface area contributed by atoms with Crippen molar-refractivity contribution in [1.29, 1.82) is 0 Å². The van der Waals surface area contributed by atoms with Crippen LogP contribution in [-0.2, 0) is 6.42 Å². The fourth-order valence-electron chi connectivity index (χ4n) is 2.03. The third-order valence-electron chi connectivity index (χ3n) is 2.90. The molecule has 0 saturated heterocycles. The summed E-state index contributed by atoms with van der Waals surface area (Å²) in [5, 5.41) is 22.3. The van der Waals surface area contributed by atoms with Gasteiger partial charge in [0, 0.05) is 17.8 Å². The Bertz CT molecular complexity index is 648. The fourth-order valence-corrected chi connectivity index (χ4v) is 2.03. The zero-order valence-electron chi connectivity index (χ0n) is 16.2. The van der Waals surface area contributed by atoms with Gasteiger partial charge in [0.05, 0.1) is 0 Å². The second kappa shape index (κ2) is 14.6. The molecule has 0 radical (unpaired) electrons. The lowest BCUT2D eigenvalue weighted by molar-refractivity contribution is 0.208. The van der Waals surface area contributed by atoms with Gasteiger partial charge < -0.3 is 10.2 Å². The van der Waals surface area contributed by atoms with E-state index in [1.54, 1.807) is 48.5 Å². The molecule has 4 N–H and O–H groups in total. The van der Waals surface area contributed by atoms with Gasteiger partial charge in [-0.15, -0.1) is 8.58 Å². The molecule has 148 valence electrons. The SMILES string of the molecule is CCC.CPC.O=C(O)Nc1ccccc1Cc1ccccc1NC(=O)O. The quantitative estimate of drug-likeness (QED) is 0.494. The molecule has 0 atom stereocenters. The van der Waals surface area contributed by atoms with Crippen molar-refractivity contribution in [2.24, 2.45) is 0 Å². The minimum Gasteiger partial charge on any atom is -0.465 e. The molecule has 0 aliphatic rings. The van der Waals surface area contributed by atoms with Crippen LogP contribution in [0.1, 0.15) is 31.4 Å². The van der Waals surface area contributed by atoms with Crippen molar-refractivity contribution in [1.82, 2.24) is 0 Å². The first-order valence-corrected chi connectivity index (χ1v) is 10.6. The number of carbonyl (C=O) groups is 2. The van der Waals surface area contributed by atoms with E-state index in [0.29, 0.717) is 17.8 Å². The molecule has 0 aliphatic heterocycles. The molecule has 2 aromatic carbocycles. The molecule has 0 heterocycles. The molecule has 0 saturated carbocycles. The van der Waals surface area contributed by atoms with Crippen LogP contribution < -0.4 is 10.6 Å². The maximum absolute atomic E-state index is 10.8. The van der Waals surface area contributed by atoms with Crippen molar-refractivity contribution in [3.63, 3.8) is 0 Å². The van der Waals surface area contributed by atoms with Crippen LogP contribution in [0.25, 0.3) is 0 Å².